The van der Waals surface area contributed by atoms with Crippen LogP contribution in [0.5, 0.6) is 0 Å². The number of nitrogens with one attached hydrogen (secondary N) is 1. The SMILES string of the molecule is C=CN=CC(=C)/C=C/C(=O)Nc1sc2c(c1C#N)CCC(CO)C2. The minimum atomic E-state index is -0.322. The van der Waals surface area contributed by atoms with E-state index in [2.05, 4.69) is 29.5 Å². The van der Waals surface area contributed by atoms with Crippen LogP contribution in [-0.2, 0) is 17.6 Å². The average Bonchev–Trinajstić information content (AvgIpc) is 2.93. The van der Waals surface area contributed by atoms with Crippen molar-refractivity contribution in [3.63, 3.8) is 0 Å². The highest BCUT2D eigenvalue weighted by molar-refractivity contribution is 7.16. The maximum Gasteiger partial charge on any atom is 0.249 e. The van der Waals surface area contributed by atoms with Crippen molar-refractivity contribution in [2.75, 3.05) is 11.9 Å². The van der Waals surface area contributed by atoms with Crippen molar-refractivity contribution in [1.82, 2.24) is 0 Å². The van der Waals surface area contributed by atoms with Gasteiger partial charge in [-0.25, -0.2) is 0 Å². The van der Waals surface area contributed by atoms with Gasteiger partial charge in [0.1, 0.15) is 11.1 Å². The first-order chi connectivity index (χ1) is 11.6. The zero-order valence-electron chi connectivity index (χ0n) is 13.3. The second kappa shape index (κ2) is 8.39. The molecule has 0 aromatic carbocycles. The van der Waals surface area contributed by atoms with Crippen LogP contribution in [0.3, 0.4) is 0 Å². The normalized spacial score (nSPS) is 16.8. The third-order valence-electron chi connectivity index (χ3n) is 3.77. The average molecular weight is 341 g/mol. The van der Waals surface area contributed by atoms with E-state index in [1.807, 2.05) is 0 Å². The number of hydrogen-bond donors (Lipinski definition) is 2. The van der Waals surface area contributed by atoms with Gasteiger partial charge >= 0.3 is 0 Å². The van der Waals surface area contributed by atoms with Gasteiger partial charge in [-0.1, -0.05) is 13.2 Å². The molecule has 24 heavy (non-hydrogen) atoms. The molecular formula is C18H19N3O2S. The first kappa shape index (κ1) is 17.9. The van der Waals surface area contributed by atoms with Crippen molar-refractivity contribution in [3.8, 4) is 6.07 Å². The summed E-state index contributed by atoms with van der Waals surface area (Å²) in [6, 6.07) is 2.19. The second-order valence-corrected chi connectivity index (χ2v) is 6.57. The lowest BCUT2D eigenvalue weighted by Gasteiger charge is -2.19. The summed E-state index contributed by atoms with van der Waals surface area (Å²) in [4.78, 5) is 16.9. The van der Waals surface area contributed by atoms with E-state index < -0.39 is 0 Å². The summed E-state index contributed by atoms with van der Waals surface area (Å²) in [5.74, 6) is -0.0874. The third-order valence-corrected chi connectivity index (χ3v) is 4.94. The minimum absolute atomic E-state index is 0.151. The molecule has 0 saturated carbocycles. The zero-order valence-corrected chi connectivity index (χ0v) is 14.1. The Morgan fingerprint density at radius 2 is 2.33 bits per heavy atom. The Balaban J connectivity index is 2.11. The van der Waals surface area contributed by atoms with Crippen LogP contribution in [0, 0.1) is 17.2 Å². The predicted molar refractivity (Wildman–Crippen MR) is 97.2 cm³/mol. The van der Waals surface area contributed by atoms with Crippen LogP contribution in [-0.4, -0.2) is 23.8 Å². The first-order valence-corrected chi connectivity index (χ1v) is 8.38. The van der Waals surface area contributed by atoms with Crippen LogP contribution in [0.1, 0.15) is 22.4 Å². The lowest BCUT2D eigenvalue weighted by Crippen LogP contribution is -2.16. The Kier molecular flexibility index (Phi) is 6.24. The van der Waals surface area contributed by atoms with E-state index in [9.17, 15) is 15.2 Å². The molecule has 1 aromatic rings. The van der Waals surface area contributed by atoms with E-state index in [-0.39, 0.29) is 18.4 Å². The topological polar surface area (TPSA) is 85.5 Å². The Morgan fingerprint density at radius 3 is 3.00 bits per heavy atom. The van der Waals surface area contributed by atoms with Crippen molar-refractivity contribution in [1.29, 1.82) is 5.26 Å². The Hall–Kier alpha value is -2.49. The van der Waals surface area contributed by atoms with E-state index in [1.54, 1.807) is 6.08 Å². The maximum atomic E-state index is 12.0. The molecule has 1 amide bonds. The Bertz CT molecular complexity index is 753. The molecule has 2 rings (SSSR count). The van der Waals surface area contributed by atoms with Crippen molar-refractivity contribution >= 4 is 28.5 Å². The molecule has 124 valence electrons. The van der Waals surface area contributed by atoms with Crippen molar-refractivity contribution < 1.29 is 9.90 Å². The Morgan fingerprint density at radius 1 is 1.54 bits per heavy atom. The summed E-state index contributed by atoms with van der Waals surface area (Å²) in [5.41, 5.74) is 2.12. The summed E-state index contributed by atoms with van der Waals surface area (Å²) in [6.45, 7) is 7.35. The van der Waals surface area contributed by atoms with Gasteiger partial charge in [-0.05, 0) is 42.4 Å². The molecule has 1 aromatic heterocycles. The molecule has 1 heterocycles. The maximum absolute atomic E-state index is 12.0. The number of anilines is 1. The fourth-order valence-corrected chi connectivity index (χ4v) is 3.86. The summed E-state index contributed by atoms with van der Waals surface area (Å²) >= 11 is 1.42. The van der Waals surface area contributed by atoms with Gasteiger partial charge < -0.3 is 10.4 Å². The number of fused-ring (bicyclic) bond motifs is 1. The predicted octanol–water partition coefficient (Wildman–Crippen LogP) is 2.98. The monoisotopic (exact) mass is 341 g/mol. The molecular weight excluding hydrogens is 322 g/mol. The van der Waals surface area contributed by atoms with Crippen molar-refractivity contribution in [2.45, 2.75) is 19.3 Å². The molecule has 1 aliphatic carbocycles. The van der Waals surface area contributed by atoms with Crippen LogP contribution >= 0.6 is 11.3 Å². The van der Waals surface area contributed by atoms with Gasteiger partial charge in [-0.2, -0.15) is 5.26 Å². The van der Waals surface area contributed by atoms with Gasteiger partial charge in [0.15, 0.2) is 0 Å². The standard InChI is InChI=1S/C18H19N3O2S/c1-3-20-10-12(2)4-7-17(23)21-18-15(9-19)14-6-5-13(11-22)8-16(14)24-18/h3-4,7,10,13,22H,1-2,5-6,8,11H2,(H,21,23)/b7-4+,20-10?. The van der Waals surface area contributed by atoms with E-state index in [0.29, 0.717) is 16.1 Å². The highest BCUT2D eigenvalue weighted by atomic mass is 32.1. The molecule has 0 radical (unpaired) electrons. The minimum Gasteiger partial charge on any atom is -0.396 e. The van der Waals surface area contributed by atoms with Gasteiger partial charge in [0.2, 0.25) is 5.91 Å². The molecule has 0 fully saturated rings. The molecule has 1 unspecified atom stereocenters. The third kappa shape index (κ3) is 4.28. The summed E-state index contributed by atoms with van der Waals surface area (Å²) in [5, 5.41) is 22.1. The second-order valence-electron chi connectivity index (χ2n) is 5.47. The van der Waals surface area contributed by atoms with Gasteiger partial charge in [-0.3, -0.25) is 9.79 Å². The number of nitrogens with zero attached hydrogens (tertiary/aromatic N) is 2. The summed E-state index contributed by atoms with van der Waals surface area (Å²) in [6.07, 6.45) is 8.17. The zero-order chi connectivity index (χ0) is 17.5. The number of thiophene rings is 1. The lowest BCUT2D eigenvalue weighted by molar-refractivity contribution is -0.111. The number of allylic oxidation sites excluding steroid dienone is 2. The van der Waals surface area contributed by atoms with Gasteiger partial charge in [0.05, 0.1) is 5.56 Å². The molecule has 2 N–H and O–H groups in total. The number of hydrogen-bond acceptors (Lipinski definition) is 5. The summed E-state index contributed by atoms with van der Waals surface area (Å²) in [7, 11) is 0. The number of aliphatic imine (C=N–C) groups is 1. The highest BCUT2D eigenvalue weighted by Crippen LogP contribution is 2.39. The number of aliphatic hydroxyl groups is 1. The first-order valence-electron chi connectivity index (χ1n) is 7.56. The number of aliphatic hydroxyl groups excluding tert-OH is 1. The van der Waals surface area contributed by atoms with Gasteiger partial charge in [0, 0.05) is 30.0 Å². The quantitative estimate of drug-likeness (QED) is 0.474. The fraction of sp³-hybridized carbons (Fsp3) is 0.278. The molecule has 5 nitrogen and oxygen atoms in total. The highest BCUT2D eigenvalue weighted by Gasteiger charge is 2.25. The van der Waals surface area contributed by atoms with Gasteiger partial charge in [0.25, 0.3) is 0 Å². The van der Waals surface area contributed by atoms with E-state index in [4.69, 9.17) is 0 Å². The molecule has 1 atom stereocenters. The molecule has 0 saturated heterocycles. The smallest absolute Gasteiger partial charge is 0.249 e. The summed E-state index contributed by atoms with van der Waals surface area (Å²) < 4.78 is 0. The van der Waals surface area contributed by atoms with Crippen LogP contribution in [0.2, 0.25) is 0 Å². The Labute approximate surface area is 145 Å². The molecule has 1 aliphatic rings. The number of rotatable bonds is 6. The van der Waals surface area contributed by atoms with E-state index >= 15 is 0 Å². The van der Waals surface area contributed by atoms with Crippen LogP contribution < -0.4 is 5.32 Å². The van der Waals surface area contributed by atoms with Gasteiger partial charge in [-0.15, -0.1) is 11.3 Å². The van der Waals surface area contributed by atoms with Crippen LogP contribution in [0.25, 0.3) is 0 Å². The molecule has 0 bridgehead atoms. The van der Waals surface area contributed by atoms with E-state index in [1.165, 1.54) is 29.8 Å². The molecule has 6 heteroatoms. The van der Waals surface area contributed by atoms with E-state index in [0.717, 1.165) is 29.7 Å². The number of nitriles is 1. The van der Waals surface area contributed by atoms with Crippen LogP contribution in [0.15, 0.2) is 42.1 Å². The molecule has 0 aliphatic heterocycles. The largest absolute Gasteiger partial charge is 0.396 e. The number of carbonyl (C=O) groups is 1. The number of amides is 1. The van der Waals surface area contributed by atoms with Crippen LogP contribution in [0.4, 0.5) is 5.00 Å². The van der Waals surface area contributed by atoms with Crippen molar-refractivity contribution in [3.05, 3.63) is 53.1 Å². The lowest BCUT2D eigenvalue weighted by atomic mass is 9.88. The number of carbonyl (C=O) groups excluding carboxylic acids is 1. The molecule has 0 spiro atoms. The fourth-order valence-electron chi connectivity index (χ4n) is 2.54. The van der Waals surface area contributed by atoms with Crippen molar-refractivity contribution in [2.24, 2.45) is 10.9 Å².